The van der Waals surface area contributed by atoms with Crippen LogP contribution in [0, 0.1) is 29.6 Å². The topological polar surface area (TPSA) is 0 Å². The van der Waals surface area contributed by atoms with E-state index in [9.17, 15) is 0 Å². The number of rotatable bonds is 4. The molecule has 0 heteroatoms. The van der Waals surface area contributed by atoms with E-state index >= 15 is 0 Å². The van der Waals surface area contributed by atoms with Crippen LogP contribution in [0.5, 0.6) is 0 Å². The van der Waals surface area contributed by atoms with E-state index in [1.807, 2.05) is 0 Å². The van der Waals surface area contributed by atoms with Crippen molar-refractivity contribution in [3.05, 3.63) is 0 Å². The van der Waals surface area contributed by atoms with E-state index in [1.165, 1.54) is 25.7 Å². The highest BCUT2D eigenvalue weighted by Crippen LogP contribution is 2.46. The zero-order chi connectivity index (χ0) is 13.8. The van der Waals surface area contributed by atoms with Crippen molar-refractivity contribution in [3.63, 3.8) is 0 Å². The number of hydrogen-bond donors (Lipinski definition) is 0. The molecule has 0 unspecified atom stereocenters. The molecule has 0 saturated heterocycles. The van der Waals surface area contributed by atoms with Gasteiger partial charge in [0.2, 0.25) is 0 Å². The van der Waals surface area contributed by atoms with Gasteiger partial charge in [0.15, 0.2) is 0 Å². The summed E-state index contributed by atoms with van der Waals surface area (Å²) in [7, 11) is 0. The van der Waals surface area contributed by atoms with E-state index in [4.69, 9.17) is 0 Å². The Hall–Kier alpha value is 0. The molecule has 0 aliphatic heterocycles. The van der Waals surface area contributed by atoms with Crippen molar-refractivity contribution < 1.29 is 0 Å². The summed E-state index contributed by atoms with van der Waals surface area (Å²) in [6.07, 6.45) is 21.7. The SMILES string of the molecule is CCCC1CCC(C2CCC(C3CCCC3)CC2)CC1. The maximum atomic E-state index is 2.36. The Morgan fingerprint density at radius 1 is 0.550 bits per heavy atom. The average molecular weight is 277 g/mol. The summed E-state index contributed by atoms with van der Waals surface area (Å²) in [6.45, 7) is 2.36. The van der Waals surface area contributed by atoms with Crippen molar-refractivity contribution in [2.75, 3.05) is 0 Å². The molecule has 0 aromatic carbocycles. The average Bonchev–Trinajstić information content (AvgIpc) is 3.03. The van der Waals surface area contributed by atoms with Gasteiger partial charge in [-0.05, 0) is 68.1 Å². The maximum Gasteiger partial charge on any atom is -0.0386 e. The van der Waals surface area contributed by atoms with Gasteiger partial charge in [0, 0.05) is 0 Å². The van der Waals surface area contributed by atoms with Crippen LogP contribution in [-0.2, 0) is 0 Å². The molecule has 0 nitrogen and oxygen atoms in total. The summed E-state index contributed by atoms with van der Waals surface area (Å²) in [4.78, 5) is 0. The Kier molecular flexibility index (Phi) is 5.46. The molecule has 116 valence electrons. The molecule has 3 aliphatic rings. The highest BCUT2D eigenvalue weighted by atomic mass is 14.4. The highest BCUT2D eigenvalue weighted by molar-refractivity contribution is 4.85. The molecule has 0 aromatic rings. The van der Waals surface area contributed by atoms with Crippen molar-refractivity contribution >= 4 is 0 Å². The molecule has 0 atom stereocenters. The van der Waals surface area contributed by atoms with Crippen molar-refractivity contribution in [2.24, 2.45) is 29.6 Å². The van der Waals surface area contributed by atoms with E-state index in [1.54, 1.807) is 64.2 Å². The van der Waals surface area contributed by atoms with Gasteiger partial charge in [-0.2, -0.15) is 0 Å². The van der Waals surface area contributed by atoms with Gasteiger partial charge >= 0.3 is 0 Å². The Labute approximate surface area is 127 Å². The minimum absolute atomic E-state index is 1.09. The van der Waals surface area contributed by atoms with E-state index in [0.29, 0.717) is 0 Å². The van der Waals surface area contributed by atoms with E-state index in [0.717, 1.165) is 29.6 Å². The Morgan fingerprint density at radius 2 is 0.950 bits per heavy atom. The fourth-order valence-corrected chi connectivity index (χ4v) is 5.87. The van der Waals surface area contributed by atoms with Crippen molar-refractivity contribution in [3.8, 4) is 0 Å². The third kappa shape index (κ3) is 3.60. The maximum absolute atomic E-state index is 2.36. The highest BCUT2D eigenvalue weighted by Gasteiger charge is 2.33. The number of hydrogen-bond acceptors (Lipinski definition) is 0. The van der Waals surface area contributed by atoms with Crippen LogP contribution in [0.25, 0.3) is 0 Å². The third-order valence-electron chi connectivity index (χ3n) is 7.14. The second-order valence-electron chi connectivity index (χ2n) is 8.29. The van der Waals surface area contributed by atoms with Gasteiger partial charge in [-0.1, -0.05) is 58.3 Å². The molecule has 0 spiro atoms. The molecule has 3 rings (SSSR count). The zero-order valence-electron chi connectivity index (χ0n) is 13.8. The minimum atomic E-state index is 1.09. The van der Waals surface area contributed by atoms with Gasteiger partial charge in [0.1, 0.15) is 0 Å². The smallest absolute Gasteiger partial charge is 0.0386 e. The molecular formula is C20H36. The Balaban J connectivity index is 1.40. The largest absolute Gasteiger partial charge is 0.0654 e. The Bertz CT molecular complexity index is 260. The molecule has 3 saturated carbocycles. The van der Waals surface area contributed by atoms with Crippen LogP contribution in [0.15, 0.2) is 0 Å². The van der Waals surface area contributed by atoms with E-state index < -0.39 is 0 Å². The molecular weight excluding hydrogens is 240 g/mol. The molecule has 0 heterocycles. The van der Waals surface area contributed by atoms with Gasteiger partial charge in [-0.3, -0.25) is 0 Å². The third-order valence-corrected chi connectivity index (χ3v) is 7.14. The van der Waals surface area contributed by atoms with Crippen LogP contribution in [0.4, 0.5) is 0 Å². The molecule has 0 N–H and O–H groups in total. The van der Waals surface area contributed by atoms with Crippen LogP contribution in [-0.4, -0.2) is 0 Å². The Morgan fingerprint density at radius 3 is 1.40 bits per heavy atom. The van der Waals surface area contributed by atoms with Gasteiger partial charge in [-0.25, -0.2) is 0 Å². The van der Waals surface area contributed by atoms with Gasteiger partial charge < -0.3 is 0 Å². The van der Waals surface area contributed by atoms with E-state index in [2.05, 4.69) is 6.92 Å². The minimum Gasteiger partial charge on any atom is -0.0654 e. The fraction of sp³-hybridized carbons (Fsp3) is 1.00. The van der Waals surface area contributed by atoms with Crippen LogP contribution in [0.1, 0.15) is 96.8 Å². The van der Waals surface area contributed by atoms with Crippen LogP contribution >= 0.6 is 0 Å². The van der Waals surface area contributed by atoms with Crippen LogP contribution in [0.3, 0.4) is 0 Å². The summed E-state index contributed by atoms with van der Waals surface area (Å²) >= 11 is 0. The first kappa shape index (κ1) is 14.9. The predicted molar refractivity (Wildman–Crippen MR) is 87.8 cm³/mol. The first-order valence-electron chi connectivity index (χ1n) is 9.86. The first-order chi connectivity index (χ1) is 9.86. The standard InChI is InChI=1S/C20H36/c1-2-5-16-8-10-18(11-9-16)20-14-12-19(13-15-20)17-6-3-4-7-17/h16-20H,2-15H2,1H3. The van der Waals surface area contributed by atoms with Gasteiger partial charge in [-0.15, -0.1) is 0 Å². The molecule has 0 aromatic heterocycles. The first-order valence-corrected chi connectivity index (χ1v) is 9.86. The quantitative estimate of drug-likeness (QED) is 0.543. The second kappa shape index (κ2) is 7.32. The fourth-order valence-electron chi connectivity index (χ4n) is 5.87. The predicted octanol–water partition coefficient (Wildman–Crippen LogP) is 6.59. The van der Waals surface area contributed by atoms with Crippen molar-refractivity contribution in [2.45, 2.75) is 96.8 Å². The summed E-state index contributed by atoms with van der Waals surface area (Å²) in [5.41, 5.74) is 0. The van der Waals surface area contributed by atoms with Crippen LogP contribution in [0.2, 0.25) is 0 Å². The lowest BCUT2D eigenvalue weighted by molar-refractivity contribution is 0.124. The van der Waals surface area contributed by atoms with E-state index in [-0.39, 0.29) is 0 Å². The zero-order valence-corrected chi connectivity index (χ0v) is 13.8. The molecule has 0 radical (unpaired) electrons. The van der Waals surface area contributed by atoms with Gasteiger partial charge in [0.25, 0.3) is 0 Å². The van der Waals surface area contributed by atoms with Gasteiger partial charge in [0.05, 0.1) is 0 Å². The second-order valence-corrected chi connectivity index (χ2v) is 8.29. The van der Waals surface area contributed by atoms with Crippen molar-refractivity contribution in [1.82, 2.24) is 0 Å². The summed E-state index contributed by atoms with van der Waals surface area (Å²) < 4.78 is 0. The molecule has 3 fully saturated rings. The van der Waals surface area contributed by atoms with Crippen molar-refractivity contribution in [1.29, 1.82) is 0 Å². The summed E-state index contributed by atoms with van der Waals surface area (Å²) in [5, 5.41) is 0. The lowest BCUT2D eigenvalue weighted by Gasteiger charge is -2.39. The molecule has 20 heavy (non-hydrogen) atoms. The monoisotopic (exact) mass is 276 g/mol. The molecule has 3 aliphatic carbocycles. The normalized spacial score (nSPS) is 40.0. The van der Waals surface area contributed by atoms with Crippen LogP contribution < -0.4 is 0 Å². The lowest BCUT2D eigenvalue weighted by atomic mass is 9.67. The summed E-state index contributed by atoms with van der Waals surface area (Å²) in [6, 6.07) is 0. The summed E-state index contributed by atoms with van der Waals surface area (Å²) in [5.74, 6) is 5.59. The molecule has 0 bridgehead atoms. The molecule has 0 amide bonds. The lowest BCUT2D eigenvalue weighted by Crippen LogP contribution is -2.27.